The Bertz CT molecular complexity index is 568. The summed E-state index contributed by atoms with van der Waals surface area (Å²) in [5, 5.41) is 23.5. The second kappa shape index (κ2) is 4.48. The van der Waals surface area contributed by atoms with Crippen LogP contribution < -0.4 is 10.2 Å². The van der Waals surface area contributed by atoms with E-state index < -0.39 is 4.92 Å². The molecule has 3 rings (SSSR count). The average molecular weight is 259 g/mol. The first-order valence-electron chi connectivity index (χ1n) is 6.23. The molecule has 2 atom stereocenters. The van der Waals surface area contributed by atoms with Crippen LogP contribution in [0.15, 0.2) is 12.3 Å². The molecule has 0 aromatic carbocycles. The van der Waals surface area contributed by atoms with E-state index in [-0.39, 0.29) is 17.3 Å². The minimum Gasteiger partial charge on any atom is -0.346 e. The molecule has 7 nitrogen and oxygen atoms in total. The molecule has 0 aliphatic carbocycles. The second-order valence-corrected chi connectivity index (χ2v) is 4.87. The van der Waals surface area contributed by atoms with Crippen LogP contribution in [0.2, 0.25) is 0 Å². The van der Waals surface area contributed by atoms with E-state index in [4.69, 9.17) is 5.26 Å². The summed E-state index contributed by atoms with van der Waals surface area (Å²) >= 11 is 0. The van der Waals surface area contributed by atoms with Crippen molar-refractivity contribution < 1.29 is 4.92 Å². The predicted molar refractivity (Wildman–Crippen MR) is 67.7 cm³/mol. The van der Waals surface area contributed by atoms with E-state index in [2.05, 4.69) is 10.3 Å². The third-order valence-corrected chi connectivity index (χ3v) is 3.93. The molecule has 1 aromatic heterocycles. The van der Waals surface area contributed by atoms with Crippen molar-refractivity contribution in [3.63, 3.8) is 0 Å². The lowest BCUT2D eigenvalue weighted by Gasteiger charge is -2.24. The molecule has 0 bridgehead atoms. The molecule has 98 valence electrons. The van der Waals surface area contributed by atoms with Crippen LogP contribution in [0.1, 0.15) is 12.0 Å². The van der Waals surface area contributed by atoms with E-state index in [1.54, 1.807) is 0 Å². The zero-order chi connectivity index (χ0) is 13.4. The highest BCUT2D eigenvalue weighted by Crippen LogP contribution is 2.36. The van der Waals surface area contributed by atoms with Gasteiger partial charge >= 0.3 is 5.69 Å². The normalized spacial score (nSPS) is 25.1. The molecule has 2 saturated heterocycles. The highest BCUT2D eigenvalue weighted by molar-refractivity contribution is 5.66. The molecule has 19 heavy (non-hydrogen) atoms. The van der Waals surface area contributed by atoms with Crippen molar-refractivity contribution in [2.24, 2.45) is 5.92 Å². The molecule has 2 aliphatic rings. The molecule has 0 amide bonds. The molecule has 0 spiro atoms. The monoisotopic (exact) mass is 259 g/mol. The molecule has 7 heteroatoms. The summed E-state index contributed by atoms with van der Waals surface area (Å²) in [6.45, 7) is 2.53. The van der Waals surface area contributed by atoms with Crippen molar-refractivity contribution in [2.75, 3.05) is 24.5 Å². The Morgan fingerprint density at radius 2 is 2.42 bits per heavy atom. The van der Waals surface area contributed by atoms with Crippen LogP contribution in [-0.4, -0.2) is 35.6 Å². The van der Waals surface area contributed by atoms with Crippen LogP contribution in [0.3, 0.4) is 0 Å². The fourth-order valence-electron chi connectivity index (χ4n) is 3.04. The highest BCUT2D eigenvalue weighted by Gasteiger charge is 2.41. The average Bonchev–Trinajstić information content (AvgIpc) is 2.99. The van der Waals surface area contributed by atoms with Crippen LogP contribution in [0, 0.1) is 27.4 Å². The molecule has 0 saturated carbocycles. The van der Waals surface area contributed by atoms with E-state index in [0.717, 1.165) is 26.1 Å². The second-order valence-electron chi connectivity index (χ2n) is 4.87. The third-order valence-electron chi connectivity index (χ3n) is 3.93. The standard InChI is InChI=1S/C12H13N5O2/c13-5-8-1-3-15-12(11(8)17(18)19)16-4-2-9-6-14-7-10(9)16/h1,3,9-10,14H,2,4,6-7H2/t9-,10+/m0/s1. The van der Waals surface area contributed by atoms with Gasteiger partial charge in [0.25, 0.3) is 0 Å². The molecule has 0 unspecified atom stereocenters. The maximum absolute atomic E-state index is 11.2. The zero-order valence-electron chi connectivity index (χ0n) is 10.2. The fraction of sp³-hybridized carbons (Fsp3) is 0.500. The van der Waals surface area contributed by atoms with Gasteiger partial charge in [0.15, 0.2) is 0 Å². The maximum atomic E-state index is 11.2. The topological polar surface area (TPSA) is 95.1 Å². The van der Waals surface area contributed by atoms with Gasteiger partial charge in [0.1, 0.15) is 11.6 Å². The fourth-order valence-corrected chi connectivity index (χ4v) is 3.04. The van der Waals surface area contributed by atoms with E-state index in [1.165, 1.54) is 12.3 Å². The number of nitriles is 1. The van der Waals surface area contributed by atoms with Gasteiger partial charge in [0.2, 0.25) is 5.82 Å². The number of nitro groups is 1. The minimum absolute atomic E-state index is 0.0735. The minimum atomic E-state index is -0.503. The van der Waals surface area contributed by atoms with E-state index >= 15 is 0 Å². The van der Waals surface area contributed by atoms with Crippen LogP contribution in [0.25, 0.3) is 0 Å². The van der Waals surface area contributed by atoms with Crippen LogP contribution in [-0.2, 0) is 0 Å². The molecule has 0 radical (unpaired) electrons. The van der Waals surface area contributed by atoms with Crippen molar-refractivity contribution >= 4 is 11.5 Å². The Kier molecular flexibility index (Phi) is 2.80. The number of hydrogen-bond acceptors (Lipinski definition) is 6. The van der Waals surface area contributed by atoms with Crippen molar-refractivity contribution in [1.29, 1.82) is 5.26 Å². The molecular formula is C12H13N5O2. The Morgan fingerprint density at radius 3 is 3.16 bits per heavy atom. The first kappa shape index (κ1) is 11.9. The smallest absolute Gasteiger partial charge is 0.329 e. The molecule has 2 fully saturated rings. The number of fused-ring (bicyclic) bond motifs is 1. The summed E-state index contributed by atoms with van der Waals surface area (Å²) in [5.74, 6) is 0.854. The summed E-state index contributed by atoms with van der Waals surface area (Å²) in [5.41, 5.74) is -0.0954. The van der Waals surface area contributed by atoms with E-state index in [0.29, 0.717) is 11.7 Å². The van der Waals surface area contributed by atoms with Crippen LogP contribution in [0.4, 0.5) is 11.5 Å². The maximum Gasteiger partial charge on any atom is 0.329 e. The summed E-state index contributed by atoms with van der Waals surface area (Å²) < 4.78 is 0. The lowest BCUT2D eigenvalue weighted by atomic mass is 10.1. The Morgan fingerprint density at radius 1 is 1.58 bits per heavy atom. The van der Waals surface area contributed by atoms with Gasteiger partial charge in [-0.25, -0.2) is 4.98 Å². The van der Waals surface area contributed by atoms with Gasteiger partial charge in [0.05, 0.1) is 4.92 Å². The Labute approximate surface area is 110 Å². The van der Waals surface area contributed by atoms with Crippen molar-refractivity contribution in [3.8, 4) is 6.07 Å². The largest absolute Gasteiger partial charge is 0.346 e. The van der Waals surface area contributed by atoms with Gasteiger partial charge in [-0.05, 0) is 18.4 Å². The SMILES string of the molecule is N#Cc1ccnc(N2CC[C@H]3CNC[C@H]32)c1[N+](=O)[O-]. The first-order chi connectivity index (χ1) is 9.22. The van der Waals surface area contributed by atoms with Crippen LogP contribution >= 0.6 is 0 Å². The predicted octanol–water partition coefficient (Wildman–Crippen LogP) is 0.660. The quantitative estimate of drug-likeness (QED) is 0.619. The molecule has 3 heterocycles. The highest BCUT2D eigenvalue weighted by atomic mass is 16.6. The summed E-state index contributed by atoms with van der Waals surface area (Å²) in [6, 6.07) is 3.52. The van der Waals surface area contributed by atoms with E-state index in [1.807, 2.05) is 11.0 Å². The summed E-state index contributed by atoms with van der Waals surface area (Å²) in [6.07, 6.45) is 2.48. The Balaban J connectivity index is 2.06. The van der Waals surface area contributed by atoms with Crippen molar-refractivity contribution in [3.05, 3.63) is 27.9 Å². The number of hydrogen-bond donors (Lipinski definition) is 1. The van der Waals surface area contributed by atoms with Gasteiger partial charge in [0, 0.05) is 31.9 Å². The lowest BCUT2D eigenvalue weighted by molar-refractivity contribution is -0.384. The number of rotatable bonds is 2. The number of anilines is 1. The Hall–Kier alpha value is -2.20. The van der Waals surface area contributed by atoms with Crippen molar-refractivity contribution in [1.82, 2.24) is 10.3 Å². The molecular weight excluding hydrogens is 246 g/mol. The third kappa shape index (κ3) is 1.81. The van der Waals surface area contributed by atoms with Gasteiger partial charge in [-0.15, -0.1) is 0 Å². The lowest BCUT2D eigenvalue weighted by Crippen LogP contribution is -2.35. The number of nitrogens with zero attached hydrogens (tertiary/aromatic N) is 4. The molecule has 1 aromatic rings. The zero-order valence-corrected chi connectivity index (χ0v) is 10.2. The van der Waals surface area contributed by atoms with Crippen LogP contribution in [0.5, 0.6) is 0 Å². The van der Waals surface area contributed by atoms with Gasteiger partial charge in [-0.1, -0.05) is 0 Å². The molecule has 1 N–H and O–H groups in total. The van der Waals surface area contributed by atoms with Gasteiger partial charge in [-0.2, -0.15) is 5.26 Å². The number of aromatic nitrogens is 1. The first-order valence-corrected chi connectivity index (χ1v) is 6.23. The summed E-state index contributed by atoms with van der Waals surface area (Å²) in [7, 11) is 0. The van der Waals surface area contributed by atoms with Gasteiger partial charge < -0.3 is 10.2 Å². The van der Waals surface area contributed by atoms with Gasteiger partial charge in [-0.3, -0.25) is 10.1 Å². The summed E-state index contributed by atoms with van der Waals surface area (Å²) in [4.78, 5) is 16.9. The van der Waals surface area contributed by atoms with Crippen molar-refractivity contribution in [2.45, 2.75) is 12.5 Å². The number of pyridine rings is 1. The molecule has 2 aliphatic heterocycles. The van der Waals surface area contributed by atoms with E-state index in [9.17, 15) is 10.1 Å². The number of nitrogens with one attached hydrogen (secondary N) is 1.